The highest BCUT2D eigenvalue weighted by Crippen LogP contribution is 2.38. The van der Waals surface area contributed by atoms with Crippen molar-refractivity contribution in [3.63, 3.8) is 0 Å². The first-order chi connectivity index (χ1) is 66.9. The van der Waals surface area contributed by atoms with Gasteiger partial charge in [0.25, 0.3) is 23.6 Å². The third-order valence-electron chi connectivity index (χ3n) is 23.8. The molecule has 13 aromatic rings. The second-order valence-corrected chi connectivity index (χ2v) is 36.2. The predicted molar refractivity (Wildman–Crippen MR) is 536 cm³/mol. The van der Waals surface area contributed by atoms with E-state index in [0.29, 0.717) is 107 Å². The predicted octanol–water partition coefficient (Wildman–Crippen LogP) is 25.5. The minimum atomic E-state index is -0.769. The van der Waals surface area contributed by atoms with E-state index in [1.165, 1.54) is 10.4 Å². The Kier molecular flexibility index (Phi) is 39.0. The highest BCUT2D eigenvalue weighted by molar-refractivity contribution is 7.13. The maximum Gasteiger partial charge on any atom is 0.303 e. The summed E-state index contributed by atoms with van der Waals surface area (Å²) in [6.07, 6.45) is 19.3. The first-order valence-corrected chi connectivity index (χ1v) is 49.3. The van der Waals surface area contributed by atoms with Crippen molar-refractivity contribution >= 4 is 70.2 Å². The van der Waals surface area contributed by atoms with E-state index in [0.717, 1.165) is 174 Å². The molecule has 3 fully saturated rings. The molecule has 0 atom stereocenters. The number of hydrogen-bond donors (Lipinski definition) is 4. The highest BCUT2D eigenvalue weighted by Gasteiger charge is 2.37. The van der Waals surface area contributed by atoms with Crippen molar-refractivity contribution in [2.75, 3.05) is 26.4 Å². The van der Waals surface area contributed by atoms with E-state index in [9.17, 15) is 38.4 Å². The average Bonchev–Trinajstić information content (AvgIpc) is 1.70. The van der Waals surface area contributed by atoms with Crippen LogP contribution in [0.4, 0.5) is 0 Å². The number of amides is 4. The Bertz CT molecular complexity index is 5520. The van der Waals surface area contributed by atoms with E-state index in [-0.39, 0.29) is 67.4 Å². The van der Waals surface area contributed by atoms with Crippen LogP contribution < -0.4 is 18.9 Å². The van der Waals surface area contributed by atoms with Gasteiger partial charge >= 0.3 is 23.9 Å². The van der Waals surface area contributed by atoms with Crippen molar-refractivity contribution in [1.82, 2.24) is 19.6 Å². The molecule has 3 saturated carbocycles. The summed E-state index contributed by atoms with van der Waals surface area (Å²) in [4.78, 5) is 105. The number of carbonyl (C=O) groups excluding carboxylic acids is 4. The lowest BCUT2D eigenvalue weighted by molar-refractivity contribution is -0.138. The molecule has 0 unspecified atom stereocenters. The zero-order valence-corrected chi connectivity index (χ0v) is 78.9. The summed E-state index contributed by atoms with van der Waals surface area (Å²) >= 11 is 3.36. The van der Waals surface area contributed by atoms with Crippen LogP contribution in [0, 0.1) is 0 Å². The van der Waals surface area contributed by atoms with E-state index in [4.69, 9.17) is 43.8 Å². The van der Waals surface area contributed by atoms with Gasteiger partial charge in [-0.3, -0.25) is 38.4 Å². The quantitative estimate of drug-likeness (QED) is 0.0258. The van der Waals surface area contributed by atoms with E-state index in [2.05, 4.69) is 40.4 Å². The molecule has 3 heterocycles. The molecule has 3 aromatic heterocycles. The van der Waals surface area contributed by atoms with Gasteiger partial charge in [-0.2, -0.15) is 11.3 Å². The van der Waals surface area contributed by atoms with Crippen molar-refractivity contribution in [3.8, 4) is 66.8 Å². The largest absolute Gasteiger partial charge is 0.493 e. The van der Waals surface area contributed by atoms with Gasteiger partial charge in [0, 0.05) is 131 Å². The van der Waals surface area contributed by atoms with Crippen molar-refractivity contribution in [3.05, 3.63) is 358 Å². The van der Waals surface area contributed by atoms with Crippen molar-refractivity contribution in [2.45, 2.75) is 192 Å². The van der Waals surface area contributed by atoms with Crippen LogP contribution in [0.15, 0.2) is 312 Å². The van der Waals surface area contributed by atoms with Gasteiger partial charge in [-0.25, -0.2) is 0 Å². The fourth-order valence-corrected chi connectivity index (χ4v) is 17.3. The Morgan fingerprint density at radius 3 is 0.956 bits per heavy atom. The lowest BCUT2D eigenvalue weighted by atomic mass is 10.0. The molecule has 3 aliphatic rings. The van der Waals surface area contributed by atoms with Crippen LogP contribution >= 0.6 is 22.7 Å². The zero-order valence-electron chi connectivity index (χ0n) is 77.3. The van der Waals surface area contributed by atoms with Crippen LogP contribution in [0.25, 0.3) is 43.8 Å². The molecule has 21 nitrogen and oxygen atoms in total. The number of benzene rings is 10. The summed E-state index contributed by atoms with van der Waals surface area (Å²) in [6.45, 7) is 4.54. The Labute approximate surface area is 809 Å². The SMILES string of the molecule is O=C(O)CCCCCOc1ccccc1CN(C(=O)c1ccc(-c2cccs2)cc1)C1CC1.O=C(O)CCCCCOc1ccccc1CN(C(=O)c1ccc(-c2ccoc2)cc1)C1CC1.O=C(O)CCCCCOc1ccccc1CN(C(=O)c1ccc(-c2ccsc2)cc1)C1CC1.O=C(O)CCCCCOc1ccccc1CN(Cc1ccccc1)C(=O)c1ccc(-c2ccccc2)cc1. The number of carboxylic acid groups (broad SMARTS) is 4. The van der Waals surface area contributed by atoms with Crippen molar-refractivity contribution in [2.24, 2.45) is 0 Å². The third-order valence-corrected chi connectivity index (χ3v) is 25.4. The molecule has 710 valence electrons. The second kappa shape index (κ2) is 53.2. The maximum absolute atomic E-state index is 13.7. The summed E-state index contributed by atoms with van der Waals surface area (Å²) in [5, 5.41) is 41.2. The summed E-state index contributed by atoms with van der Waals surface area (Å²) in [5.41, 5.74) is 15.3. The minimum absolute atomic E-state index is 0.0275. The van der Waals surface area contributed by atoms with Crippen LogP contribution in [0.1, 0.15) is 211 Å². The Morgan fingerprint density at radius 2 is 0.620 bits per heavy atom. The molecule has 3 aliphatic carbocycles. The molecule has 0 bridgehead atoms. The summed E-state index contributed by atoms with van der Waals surface area (Å²) in [6, 6.07) is 91.5. The normalized spacial score (nSPS) is 12.3. The second-order valence-electron chi connectivity index (χ2n) is 34.5. The third kappa shape index (κ3) is 32.6. The number of nitrogens with zero attached hydrogens (tertiary/aromatic N) is 4. The number of para-hydroxylation sites is 4. The first-order valence-electron chi connectivity index (χ1n) is 47.5. The Hall–Kier alpha value is -14.2. The standard InChI is InChI=1S/C33H33NO4.C27H29NO5.2C27H29NO4S/c35-32(36)18-8-3-11-23-38-31-17-10-9-16-30(31)25-34(24-26-12-4-1-5-13-26)33(37)29-21-19-28(20-22-29)27-14-6-2-7-15-27;29-26(30)8-2-1-5-16-33-25-7-4-3-6-22(25)18-28(24-13-14-24)27(31)21-11-9-20(10-12-21)23-15-17-32-19-23;29-26(30)10-2-1-5-17-32-24-8-4-3-7-22(24)19-28(23-15-16-23)27(31)21-13-11-20(12-14-21)25-9-6-18-33-25;29-26(30)8-2-1-5-16-32-25-7-4-3-6-22(25)18-28(24-13-14-24)27(31)21-11-9-20(10-12-21)23-15-17-33-19-23/h1-2,4-7,9-10,12-17,19-22H,3,8,11,18,23-25H2,(H,35,36);3-4,6-7,9-12,15,17,19,24H,1-2,5,8,13-14,16,18H2,(H,29,30);3-4,6-9,11-14,18,23H,1-2,5,10,15-17,19H2,(H,29,30);3-4,6-7,9-12,15,17,19,24H,1-2,5,8,13-14,16,18H2,(H,29,30). The number of aliphatic carboxylic acids is 4. The lowest BCUT2D eigenvalue weighted by Gasteiger charge is -2.24. The molecule has 16 rings (SSSR count). The van der Waals surface area contributed by atoms with Gasteiger partial charge in [0.1, 0.15) is 23.0 Å². The number of rotatable bonds is 49. The monoisotopic (exact) mass is 1880 g/mol. The molecular formula is C114H120N4O17S2. The van der Waals surface area contributed by atoms with Crippen LogP contribution in [0.3, 0.4) is 0 Å². The van der Waals surface area contributed by atoms with Crippen LogP contribution in [-0.2, 0) is 51.9 Å². The molecule has 23 heteroatoms. The van der Waals surface area contributed by atoms with E-state index in [1.54, 1.807) is 35.2 Å². The van der Waals surface area contributed by atoms with Gasteiger partial charge < -0.3 is 63.4 Å². The average molecular weight is 1880 g/mol. The van der Waals surface area contributed by atoms with Gasteiger partial charge in [-0.05, 0) is 262 Å². The van der Waals surface area contributed by atoms with Crippen LogP contribution in [0.2, 0.25) is 0 Å². The number of carbonyl (C=O) groups is 8. The number of ether oxygens (including phenoxy) is 4. The van der Waals surface area contributed by atoms with Crippen LogP contribution in [0.5, 0.6) is 23.0 Å². The number of furan rings is 1. The maximum atomic E-state index is 13.7. The molecule has 4 amide bonds. The van der Waals surface area contributed by atoms with E-state index >= 15 is 0 Å². The minimum Gasteiger partial charge on any atom is -0.493 e. The molecule has 0 saturated heterocycles. The van der Waals surface area contributed by atoms with E-state index < -0.39 is 23.9 Å². The van der Waals surface area contributed by atoms with Crippen molar-refractivity contribution < 1.29 is 82.1 Å². The Balaban J connectivity index is 0.000000155. The number of thiophene rings is 2. The smallest absolute Gasteiger partial charge is 0.303 e. The molecule has 10 aromatic carbocycles. The van der Waals surface area contributed by atoms with Gasteiger partial charge in [0.15, 0.2) is 0 Å². The Morgan fingerprint density at radius 1 is 0.292 bits per heavy atom. The van der Waals surface area contributed by atoms with E-state index in [1.807, 2.05) is 274 Å². The molecule has 137 heavy (non-hydrogen) atoms. The number of hydrogen-bond acceptors (Lipinski definition) is 15. The molecule has 0 radical (unpaired) electrons. The lowest BCUT2D eigenvalue weighted by Crippen LogP contribution is -2.32. The van der Waals surface area contributed by atoms with Gasteiger partial charge in [-0.1, -0.05) is 188 Å². The highest BCUT2D eigenvalue weighted by atomic mass is 32.1. The molecule has 0 aliphatic heterocycles. The molecular weight excluding hydrogens is 1760 g/mol. The zero-order chi connectivity index (χ0) is 95.7. The van der Waals surface area contributed by atoms with Gasteiger partial charge in [0.2, 0.25) is 0 Å². The first kappa shape index (κ1) is 100. The summed E-state index contributed by atoms with van der Waals surface area (Å²) in [5.74, 6) is 0.161. The molecule has 4 N–H and O–H groups in total. The van der Waals surface area contributed by atoms with Gasteiger partial charge in [0.05, 0.1) is 39.0 Å². The molecule has 0 spiro atoms. The number of carboxylic acids is 4. The van der Waals surface area contributed by atoms with Crippen LogP contribution in [-0.4, -0.2) is 132 Å². The number of unbranched alkanes of at least 4 members (excludes halogenated alkanes) is 8. The summed E-state index contributed by atoms with van der Waals surface area (Å²) < 4.78 is 29.2. The van der Waals surface area contributed by atoms with Crippen molar-refractivity contribution in [1.29, 1.82) is 0 Å². The fourth-order valence-electron chi connectivity index (χ4n) is 15.9. The topological polar surface area (TPSA) is 280 Å². The summed E-state index contributed by atoms with van der Waals surface area (Å²) in [7, 11) is 0. The fraction of sp³-hybridized carbons (Fsp3) is 0.298. The van der Waals surface area contributed by atoms with Gasteiger partial charge in [-0.15, -0.1) is 11.3 Å².